The summed E-state index contributed by atoms with van der Waals surface area (Å²) in [6, 6.07) is 0. The lowest BCUT2D eigenvalue weighted by molar-refractivity contribution is -0.870. The predicted octanol–water partition coefficient (Wildman–Crippen LogP) is 26.5. The van der Waals surface area contributed by atoms with Crippen LogP contribution in [0.3, 0.4) is 0 Å². The number of likely N-dealkylation sites (N-methyl/N-ethyl adjacent to an activating group) is 1. The summed E-state index contributed by atoms with van der Waals surface area (Å²) in [7, 11) is 1.18. The molecule has 0 aromatic heterocycles. The van der Waals surface area contributed by atoms with Gasteiger partial charge in [0.15, 0.2) is 6.10 Å². The molecule has 2 atom stereocenters. The minimum Gasteiger partial charge on any atom is -0.756 e. The maximum absolute atomic E-state index is 12.9. The van der Waals surface area contributed by atoms with Crippen molar-refractivity contribution < 1.29 is 42.1 Å². The van der Waals surface area contributed by atoms with Crippen molar-refractivity contribution in [3.8, 4) is 0 Å². The topological polar surface area (TPSA) is 111 Å². The zero-order valence-corrected chi connectivity index (χ0v) is 64.5. The molecular formula is C86H154NO8P. The van der Waals surface area contributed by atoms with Gasteiger partial charge in [-0.2, -0.15) is 0 Å². The lowest BCUT2D eigenvalue weighted by Gasteiger charge is -2.28. The Bertz CT molecular complexity index is 1990. The van der Waals surface area contributed by atoms with Crippen molar-refractivity contribution in [1.29, 1.82) is 0 Å². The highest BCUT2D eigenvalue weighted by atomic mass is 31.2. The first kappa shape index (κ1) is 92.7. The highest BCUT2D eigenvalue weighted by Gasteiger charge is 2.22. The minimum absolute atomic E-state index is 0.0314. The van der Waals surface area contributed by atoms with E-state index in [2.05, 4.69) is 123 Å². The highest BCUT2D eigenvalue weighted by molar-refractivity contribution is 7.45. The Morgan fingerprint density at radius 1 is 0.333 bits per heavy atom. The van der Waals surface area contributed by atoms with Gasteiger partial charge in [0, 0.05) is 12.8 Å². The van der Waals surface area contributed by atoms with Crippen LogP contribution in [0.25, 0.3) is 0 Å². The van der Waals surface area contributed by atoms with Gasteiger partial charge < -0.3 is 27.9 Å². The number of phosphoric ester groups is 1. The Labute approximate surface area is 595 Å². The monoisotopic (exact) mass is 1360 g/mol. The maximum Gasteiger partial charge on any atom is 0.306 e. The average Bonchev–Trinajstić information content (AvgIpc) is 1.98. The van der Waals surface area contributed by atoms with Crippen LogP contribution in [0.15, 0.2) is 109 Å². The highest BCUT2D eigenvalue weighted by Crippen LogP contribution is 2.38. The number of quaternary nitrogens is 1. The lowest BCUT2D eigenvalue weighted by Crippen LogP contribution is -2.37. The smallest absolute Gasteiger partial charge is 0.306 e. The first-order chi connectivity index (χ1) is 47.0. The minimum atomic E-state index is -4.65. The van der Waals surface area contributed by atoms with Crippen molar-refractivity contribution >= 4 is 19.8 Å². The van der Waals surface area contributed by atoms with E-state index >= 15 is 0 Å². The molecule has 0 N–H and O–H groups in total. The average molecular weight is 1360 g/mol. The summed E-state index contributed by atoms with van der Waals surface area (Å²) in [6.45, 7) is 4.16. The molecule has 0 radical (unpaired) electrons. The van der Waals surface area contributed by atoms with Crippen molar-refractivity contribution in [2.75, 3.05) is 47.5 Å². The zero-order chi connectivity index (χ0) is 69.7. The van der Waals surface area contributed by atoms with Crippen molar-refractivity contribution in [1.82, 2.24) is 0 Å². The van der Waals surface area contributed by atoms with E-state index < -0.39 is 26.5 Å². The van der Waals surface area contributed by atoms with Crippen LogP contribution < -0.4 is 4.89 Å². The van der Waals surface area contributed by atoms with Crippen LogP contribution >= 0.6 is 7.82 Å². The van der Waals surface area contributed by atoms with Crippen LogP contribution in [0.2, 0.25) is 0 Å². The molecule has 0 aromatic rings. The van der Waals surface area contributed by atoms with Crippen LogP contribution in [-0.2, 0) is 32.7 Å². The molecular weight excluding hydrogens is 1210 g/mol. The number of rotatable bonds is 75. The molecule has 2 unspecified atom stereocenters. The molecule has 0 aliphatic heterocycles. The number of ether oxygens (including phenoxy) is 2. The molecule has 556 valence electrons. The third-order valence-electron chi connectivity index (χ3n) is 17.8. The summed E-state index contributed by atoms with van der Waals surface area (Å²) < 4.78 is 34.4. The Hall–Kier alpha value is -3.33. The fraction of sp³-hybridized carbons (Fsp3) is 0.767. The van der Waals surface area contributed by atoms with E-state index in [1.54, 1.807) is 0 Å². The fourth-order valence-electron chi connectivity index (χ4n) is 11.6. The Morgan fingerprint density at radius 3 is 0.885 bits per heavy atom. The van der Waals surface area contributed by atoms with Crippen LogP contribution in [0.4, 0.5) is 0 Å². The molecule has 0 aliphatic carbocycles. The number of nitrogens with zero attached hydrogens (tertiary/aromatic N) is 1. The van der Waals surface area contributed by atoms with Crippen LogP contribution in [-0.4, -0.2) is 70.0 Å². The summed E-state index contributed by atoms with van der Waals surface area (Å²) in [5, 5.41) is 0. The number of esters is 2. The Kier molecular flexibility index (Phi) is 73.2. The third-order valence-corrected chi connectivity index (χ3v) is 18.7. The van der Waals surface area contributed by atoms with Gasteiger partial charge in [-0.15, -0.1) is 0 Å². The standard InChI is InChI=1S/C86H154NO8P/c1-6-8-10-12-14-16-18-20-22-24-26-28-30-32-34-36-38-40-41-42-43-44-45-47-49-51-53-55-57-59-61-63-65-67-69-71-73-75-77-79-86(89)95-84(83-94-96(90,91)93-81-80-87(3,4)5)82-92-85(88)78-76-74-72-70-68-66-64-62-60-58-56-54-52-50-48-46-39-37-35-33-31-29-27-25-23-21-19-17-15-13-11-9-7-2/h8,10,14,16,19-22,25-28,31-34,38,40,84H,6-7,9,11-13,15,17-18,23-24,29-30,35-37,39,41-83H2,1-5H3/b10-8-,16-14-,21-19-,22-20-,27-25-,28-26-,33-31-,34-32-,40-38-. The SMILES string of the molecule is CC/C=C\C/C=C\C/C=C\C/C=C\C/C=C\C/C=C\CCCCCCCCCCCCCCCCCCCCCCC(=O)OC(COC(=O)CCCCCCCCCCCCCCCCCCCC/C=C\C/C=C\C/C=C\CCCCCCC)COP(=O)([O-])OCC[N+](C)(C)C. The molecule has 0 aromatic carbocycles. The molecule has 0 bridgehead atoms. The number of allylic oxidation sites excluding steroid dienone is 18. The molecule has 10 heteroatoms. The third kappa shape index (κ3) is 79.7. The predicted molar refractivity (Wildman–Crippen MR) is 415 cm³/mol. The van der Waals surface area contributed by atoms with Gasteiger partial charge in [-0.05, 0) is 103 Å². The second-order valence-corrected chi connectivity index (χ2v) is 29.8. The van der Waals surface area contributed by atoms with Gasteiger partial charge >= 0.3 is 11.9 Å². The Balaban J connectivity index is 3.94. The summed E-state index contributed by atoms with van der Waals surface area (Å²) in [5.74, 6) is -0.818. The second kappa shape index (κ2) is 75.9. The van der Waals surface area contributed by atoms with Gasteiger partial charge in [0.2, 0.25) is 0 Å². The van der Waals surface area contributed by atoms with E-state index in [0.29, 0.717) is 17.4 Å². The summed E-state index contributed by atoms with van der Waals surface area (Å²) >= 11 is 0. The van der Waals surface area contributed by atoms with E-state index in [1.807, 2.05) is 21.1 Å². The summed E-state index contributed by atoms with van der Waals surface area (Å²) in [6.07, 6.45) is 108. The van der Waals surface area contributed by atoms with Crippen LogP contribution in [0.1, 0.15) is 373 Å². The van der Waals surface area contributed by atoms with Gasteiger partial charge in [-0.1, -0.05) is 367 Å². The molecule has 9 nitrogen and oxygen atoms in total. The number of hydrogen-bond donors (Lipinski definition) is 0. The van der Waals surface area contributed by atoms with Gasteiger partial charge in [0.05, 0.1) is 27.7 Å². The molecule has 0 heterocycles. The molecule has 0 amide bonds. The van der Waals surface area contributed by atoms with Crippen LogP contribution in [0.5, 0.6) is 0 Å². The summed E-state index contributed by atoms with van der Waals surface area (Å²) in [5.41, 5.74) is 0. The quantitative estimate of drug-likeness (QED) is 0.0195. The van der Waals surface area contributed by atoms with E-state index in [-0.39, 0.29) is 32.0 Å². The van der Waals surface area contributed by atoms with Crippen LogP contribution in [0, 0.1) is 0 Å². The summed E-state index contributed by atoms with van der Waals surface area (Å²) in [4.78, 5) is 38.2. The maximum atomic E-state index is 12.9. The molecule has 0 spiro atoms. The number of carbonyl (C=O) groups excluding carboxylic acids is 2. The van der Waals surface area contributed by atoms with Crippen molar-refractivity contribution in [2.45, 2.75) is 380 Å². The van der Waals surface area contributed by atoms with Gasteiger partial charge in [-0.3, -0.25) is 14.2 Å². The number of carbonyl (C=O) groups is 2. The zero-order valence-electron chi connectivity index (χ0n) is 63.6. The number of unbranched alkanes of at least 4 members (excludes halogenated alkanes) is 43. The van der Waals surface area contributed by atoms with E-state index in [9.17, 15) is 19.0 Å². The van der Waals surface area contributed by atoms with E-state index in [0.717, 1.165) is 89.9 Å². The van der Waals surface area contributed by atoms with Gasteiger partial charge in [-0.25, -0.2) is 0 Å². The van der Waals surface area contributed by atoms with Gasteiger partial charge in [0.25, 0.3) is 7.82 Å². The van der Waals surface area contributed by atoms with Crippen molar-refractivity contribution in [2.24, 2.45) is 0 Å². The normalized spacial score (nSPS) is 13.6. The lowest BCUT2D eigenvalue weighted by atomic mass is 10.0. The molecule has 0 fully saturated rings. The van der Waals surface area contributed by atoms with Crippen molar-refractivity contribution in [3.05, 3.63) is 109 Å². The first-order valence-electron chi connectivity index (χ1n) is 40.6. The Morgan fingerprint density at radius 2 is 0.594 bits per heavy atom. The van der Waals surface area contributed by atoms with E-state index in [4.69, 9.17) is 18.5 Å². The molecule has 0 aliphatic rings. The van der Waals surface area contributed by atoms with Crippen molar-refractivity contribution in [3.63, 3.8) is 0 Å². The molecule has 0 rings (SSSR count). The fourth-order valence-corrected chi connectivity index (χ4v) is 12.3. The second-order valence-electron chi connectivity index (χ2n) is 28.4. The number of hydrogen-bond acceptors (Lipinski definition) is 8. The first-order valence-corrected chi connectivity index (χ1v) is 42.1. The van der Waals surface area contributed by atoms with Gasteiger partial charge in [0.1, 0.15) is 19.8 Å². The molecule has 0 saturated heterocycles. The van der Waals surface area contributed by atoms with E-state index in [1.165, 1.54) is 250 Å². The molecule has 96 heavy (non-hydrogen) atoms. The number of phosphoric acid groups is 1. The molecule has 0 saturated carbocycles. The largest absolute Gasteiger partial charge is 0.756 e.